The first-order valence-electron chi connectivity index (χ1n) is 5.98. The van der Waals surface area contributed by atoms with Gasteiger partial charge in [0.1, 0.15) is 0 Å². The van der Waals surface area contributed by atoms with Gasteiger partial charge in [-0.2, -0.15) is 0 Å². The van der Waals surface area contributed by atoms with Crippen LogP contribution >= 0.6 is 0 Å². The third-order valence-electron chi connectivity index (χ3n) is 3.28. The van der Waals surface area contributed by atoms with Crippen LogP contribution in [0.4, 0.5) is 0 Å². The average molecular weight is 199 g/mol. The number of aliphatic hydroxyl groups is 1. The number of piperidine rings is 1. The summed E-state index contributed by atoms with van der Waals surface area (Å²) in [6, 6.07) is 0. The van der Waals surface area contributed by atoms with Crippen LogP contribution in [0.1, 0.15) is 46.5 Å². The van der Waals surface area contributed by atoms with Crippen molar-refractivity contribution in [2.45, 2.75) is 52.1 Å². The largest absolute Gasteiger partial charge is 0.390 e. The van der Waals surface area contributed by atoms with Crippen molar-refractivity contribution in [2.75, 3.05) is 19.6 Å². The molecular weight excluding hydrogens is 174 g/mol. The Kier molecular flexibility index (Phi) is 4.39. The summed E-state index contributed by atoms with van der Waals surface area (Å²) in [5.41, 5.74) is -0.398. The molecule has 0 amide bonds. The average Bonchev–Trinajstić information content (AvgIpc) is 2.09. The van der Waals surface area contributed by atoms with Crippen molar-refractivity contribution in [1.82, 2.24) is 4.90 Å². The number of hydrogen-bond acceptors (Lipinski definition) is 2. The highest BCUT2D eigenvalue weighted by Crippen LogP contribution is 2.22. The van der Waals surface area contributed by atoms with Gasteiger partial charge in [-0.25, -0.2) is 0 Å². The standard InChI is InChI=1S/C12H25NO/c1-4-5-11(2)10-13-8-6-12(3,14)7-9-13/h11,14H,4-10H2,1-3H3. The topological polar surface area (TPSA) is 23.5 Å². The van der Waals surface area contributed by atoms with Crippen molar-refractivity contribution >= 4 is 0 Å². The summed E-state index contributed by atoms with van der Waals surface area (Å²) in [5, 5.41) is 9.80. The normalized spacial score (nSPS) is 24.9. The van der Waals surface area contributed by atoms with Crippen LogP contribution in [0.5, 0.6) is 0 Å². The molecule has 1 saturated heterocycles. The lowest BCUT2D eigenvalue weighted by atomic mass is 9.93. The molecule has 1 rings (SSSR count). The molecule has 0 radical (unpaired) electrons. The fourth-order valence-corrected chi connectivity index (χ4v) is 2.24. The number of hydrogen-bond donors (Lipinski definition) is 1. The number of nitrogens with zero attached hydrogens (tertiary/aromatic N) is 1. The van der Waals surface area contributed by atoms with Crippen LogP contribution in [-0.4, -0.2) is 35.2 Å². The van der Waals surface area contributed by atoms with Crippen molar-refractivity contribution in [3.63, 3.8) is 0 Å². The van der Waals surface area contributed by atoms with E-state index in [-0.39, 0.29) is 0 Å². The second-order valence-electron chi connectivity index (χ2n) is 5.19. The van der Waals surface area contributed by atoms with E-state index >= 15 is 0 Å². The summed E-state index contributed by atoms with van der Waals surface area (Å²) in [6.07, 6.45) is 4.48. The maximum absolute atomic E-state index is 9.80. The molecule has 0 aliphatic carbocycles. The molecule has 0 saturated carbocycles. The molecule has 1 aliphatic rings. The van der Waals surface area contributed by atoms with Gasteiger partial charge in [-0.1, -0.05) is 20.3 Å². The van der Waals surface area contributed by atoms with Gasteiger partial charge in [0.25, 0.3) is 0 Å². The molecule has 1 unspecified atom stereocenters. The van der Waals surface area contributed by atoms with Crippen LogP contribution in [-0.2, 0) is 0 Å². The highest BCUT2D eigenvalue weighted by Gasteiger charge is 2.27. The van der Waals surface area contributed by atoms with Crippen molar-refractivity contribution in [3.05, 3.63) is 0 Å². The fraction of sp³-hybridized carbons (Fsp3) is 1.00. The molecule has 0 aromatic rings. The molecule has 2 heteroatoms. The van der Waals surface area contributed by atoms with Crippen molar-refractivity contribution in [2.24, 2.45) is 5.92 Å². The molecule has 0 spiro atoms. The van der Waals surface area contributed by atoms with Crippen LogP contribution in [0, 0.1) is 5.92 Å². The lowest BCUT2D eigenvalue weighted by Gasteiger charge is -2.36. The highest BCUT2D eigenvalue weighted by molar-refractivity contribution is 4.81. The summed E-state index contributed by atoms with van der Waals surface area (Å²) in [6.45, 7) is 9.89. The minimum Gasteiger partial charge on any atom is -0.390 e. The Balaban J connectivity index is 2.22. The van der Waals surface area contributed by atoms with Gasteiger partial charge in [-0.05, 0) is 32.1 Å². The fourth-order valence-electron chi connectivity index (χ4n) is 2.24. The Labute approximate surface area is 88.3 Å². The molecule has 1 heterocycles. The summed E-state index contributed by atoms with van der Waals surface area (Å²) >= 11 is 0. The minimum atomic E-state index is -0.398. The minimum absolute atomic E-state index is 0.398. The Morgan fingerprint density at radius 3 is 2.43 bits per heavy atom. The molecule has 1 fully saturated rings. The maximum Gasteiger partial charge on any atom is 0.0644 e. The van der Waals surface area contributed by atoms with Crippen LogP contribution in [0.15, 0.2) is 0 Å². The predicted octanol–water partition coefficient (Wildman–Crippen LogP) is 2.27. The second kappa shape index (κ2) is 5.13. The van der Waals surface area contributed by atoms with Gasteiger partial charge in [0.2, 0.25) is 0 Å². The monoisotopic (exact) mass is 199 g/mol. The summed E-state index contributed by atoms with van der Waals surface area (Å²) < 4.78 is 0. The van der Waals surface area contributed by atoms with E-state index in [0.29, 0.717) is 0 Å². The van der Waals surface area contributed by atoms with Gasteiger partial charge in [0.05, 0.1) is 5.60 Å². The van der Waals surface area contributed by atoms with E-state index in [2.05, 4.69) is 18.7 Å². The van der Waals surface area contributed by atoms with E-state index in [9.17, 15) is 5.11 Å². The van der Waals surface area contributed by atoms with Crippen LogP contribution in [0.2, 0.25) is 0 Å². The first-order chi connectivity index (χ1) is 6.53. The van der Waals surface area contributed by atoms with E-state index < -0.39 is 5.60 Å². The lowest BCUT2D eigenvalue weighted by molar-refractivity contribution is -0.00844. The predicted molar refractivity (Wildman–Crippen MR) is 60.4 cm³/mol. The van der Waals surface area contributed by atoms with E-state index in [4.69, 9.17) is 0 Å². The van der Waals surface area contributed by atoms with Gasteiger partial charge in [-0.15, -0.1) is 0 Å². The first-order valence-corrected chi connectivity index (χ1v) is 5.98. The third kappa shape index (κ3) is 3.97. The van der Waals surface area contributed by atoms with Gasteiger partial charge in [-0.3, -0.25) is 0 Å². The van der Waals surface area contributed by atoms with Crippen LogP contribution < -0.4 is 0 Å². The van der Waals surface area contributed by atoms with Gasteiger partial charge in [0, 0.05) is 19.6 Å². The smallest absolute Gasteiger partial charge is 0.0644 e. The van der Waals surface area contributed by atoms with Crippen LogP contribution in [0.3, 0.4) is 0 Å². The molecular formula is C12H25NO. The zero-order chi connectivity index (χ0) is 10.6. The highest BCUT2D eigenvalue weighted by atomic mass is 16.3. The molecule has 1 atom stereocenters. The second-order valence-corrected chi connectivity index (χ2v) is 5.19. The van der Waals surface area contributed by atoms with Crippen molar-refractivity contribution < 1.29 is 5.11 Å². The van der Waals surface area contributed by atoms with Gasteiger partial charge < -0.3 is 10.0 Å². The zero-order valence-corrected chi connectivity index (χ0v) is 9.92. The SMILES string of the molecule is CCCC(C)CN1CCC(C)(O)CC1. The van der Waals surface area contributed by atoms with E-state index in [0.717, 1.165) is 31.8 Å². The zero-order valence-electron chi connectivity index (χ0n) is 9.92. The third-order valence-corrected chi connectivity index (χ3v) is 3.28. The summed E-state index contributed by atoms with van der Waals surface area (Å²) in [4.78, 5) is 2.50. The van der Waals surface area contributed by atoms with Gasteiger partial charge in [0.15, 0.2) is 0 Å². The van der Waals surface area contributed by atoms with E-state index in [1.807, 2.05) is 6.92 Å². The Morgan fingerprint density at radius 2 is 1.93 bits per heavy atom. The summed E-state index contributed by atoms with van der Waals surface area (Å²) in [5.74, 6) is 0.808. The molecule has 84 valence electrons. The Morgan fingerprint density at radius 1 is 1.36 bits per heavy atom. The van der Waals surface area contributed by atoms with Crippen molar-refractivity contribution in [1.29, 1.82) is 0 Å². The molecule has 0 bridgehead atoms. The molecule has 0 aromatic carbocycles. The molecule has 14 heavy (non-hydrogen) atoms. The Bertz CT molecular complexity index is 158. The first kappa shape index (κ1) is 12.0. The molecule has 2 nitrogen and oxygen atoms in total. The van der Waals surface area contributed by atoms with E-state index in [1.54, 1.807) is 0 Å². The Hall–Kier alpha value is -0.0800. The van der Waals surface area contributed by atoms with Gasteiger partial charge >= 0.3 is 0 Å². The number of likely N-dealkylation sites (tertiary alicyclic amines) is 1. The molecule has 1 N–H and O–H groups in total. The molecule has 1 aliphatic heterocycles. The summed E-state index contributed by atoms with van der Waals surface area (Å²) in [7, 11) is 0. The maximum atomic E-state index is 9.80. The number of rotatable bonds is 4. The lowest BCUT2D eigenvalue weighted by Crippen LogP contribution is -2.43. The molecule has 0 aromatic heterocycles. The van der Waals surface area contributed by atoms with Crippen LogP contribution in [0.25, 0.3) is 0 Å². The quantitative estimate of drug-likeness (QED) is 0.751. The van der Waals surface area contributed by atoms with E-state index in [1.165, 1.54) is 19.4 Å². The van der Waals surface area contributed by atoms with Crippen molar-refractivity contribution in [3.8, 4) is 0 Å².